The summed E-state index contributed by atoms with van der Waals surface area (Å²) in [6, 6.07) is 6.00. The number of morpholine rings is 1. The van der Waals surface area contributed by atoms with Gasteiger partial charge in [-0.05, 0) is 18.1 Å². The van der Waals surface area contributed by atoms with E-state index >= 15 is 0 Å². The van der Waals surface area contributed by atoms with Gasteiger partial charge in [0.05, 0.1) is 13.2 Å². The van der Waals surface area contributed by atoms with Gasteiger partial charge < -0.3 is 15.4 Å². The Balaban J connectivity index is 1.62. The monoisotopic (exact) mass is 319 g/mol. The van der Waals surface area contributed by atoms with Crippen LogP contribution in [0.2, 0.25) is 0 Å². The Hall–Kier alpha value is -1.66. The first-order chi connectivity index (χ1) is 11.3. The second-order valence-corrected chi connectivity index (χ2v) is 5.97. The number of hydrogen-bond donors (Lipinski definition) is 2. The van der Waals surface area contributed by atoms with Gasteiger partial charge in [-0.1, -0.05) is 13.0 Å². The van der Waals surface area contributed by atoms with E-state index in [0.717, 1.165) is 64.0 Å². The van der Waals surface area contributed by atoms with Crippen LogP contribution in [0.3, 0.4) is 0 Å². The molecule has 1 atom stereocenters. The molecule has 0 amide bonds. The smallest absolute Gasteiger partial charge is 0.190 e. The molecule has 2 heterocycles. The molecular weight excluding hydrogens is 290 g/mol. The average Bonchev–Trinajstić information content (AvgIpc) is 2.59. The van der Waals surface area contributed by atoms with E-state index in [1.165, 1.54) is 0 Å². The third kappa shape index (κ3) is 6.97. The zero-order valence-electron chi connectivity index (χ0n) is 14.3. The highest BCUT2D eigenvalue weighted by Crippen LogP contribution is 2.02. The Bertz CT molecular complexity index is 459. The number of nitrogens with zero attached hydrogens (tertiary/aromatic N) is 3. The van der Waals surface area contributed by atoms with Crippen LogP contribution < -0.4 is 10.6 Å². The molecule has 0 saturated carbocycles. The maximum atomic E-state index is 5.39. The number of ether oxygens (including phenoxy) is 1. The van der Waals surface area contributed by atoms with Crippen molar-refractivity contribution in [2.75, 3.05) is 53.0 Å². The van der Waals surface area contributed by atoms with Crippen molar-refractivity contribution in [1.82, 2.24) is 20.5 Å². The molecule has 6 nitrogen and oxygen atoms in total. The zero-order chi connectivity index (χ0) is 16.3. The number of guanidine groups is 1. The van der Waals surface area contributed by atoms with Crippen LogP contribution in [0.15, 0.2) is 29.4 Å². The summed E-state index contributed by atoms with van der Waals surface area (Å²) in [6.45, 7) is 8.91. The fourth-order valence-electron chi connectivity index (χ4n) is 2.64. The second kappa shape index (κ2) is 10.2. The number of aromatic nitrogens is 1. The van der Waals surface area contributed by atoms with Crippen molar-refractivity contribution >= 4 is 5.96 Å². The van der Waals surface area contributed by atoms with E-state index < -0.39 is 0 Å². The largest absolute Gasteiger partial charge is 0.379 e. The molecule has 1 aliphatic heterocycles. The summed E-state index contributed by atoms with van der Waals surface area (Å²) in [6.07, 6.45) is 2.72. The Kier molecular flexibility index (Phi) is 7.83. The highest BCUT2D eigenvalue weighted by atomic mass is 16.5. The lowest BCUT2D eigenvalue weighted by Gasteiger charge is -2.29. The first-order valence-electron chi connectivity index (χ1n) is 8.42. The lowest BCUT2D eigenvalue weighted by atomic mass is 10.1. The van der Waals surface area contributed by atoms with Crippen LogP contribution in [0.1, 0.15) is 12.6 Å². The van der Waals surface area contributed by atoms with Gasteiger partial charge in [-0.3, -0.25) is 14.9 Å². The molecule has 1 aromatic rings. The van der Waals surface area contributed by atoms with E-state index in [2.05, 4.69) is 32.4 Å². The molecule has 6 heteroatoms. The molecule has 128 valence electrons. The van der Waals surface area contributed by atoms with Gasteiger partial charge in [0.1, 0.15) is 0 Å². The van der Waals surface area contributed by atoms with Gasteiger partial charge in [0.15, 0.2) is 5.96 Å². The normalized spacial score (nSPS) is 17.7. The lowest BCUT2D eigenvalue weighted by molar-refractivity contribution is 0.0320. The minimum Gasteiger partial charge on any atom is -0.379 e. The number of nitrogens with one attached hydrogen (secondary N) is 2. The fourth-order valence-corrected chi connectivity index (χ4v) is 2.64. The maximum absolute atomic E-state index is 5.39. The van der Waals surface area contributed by atoms with Crippen LogP contribution in [0.25, 0.3) is 0 Å². The average molecular weight is 319 g/mol. The van der Waals surface area contributed by atoms with Crippen molar-refractivity contribution in [3.05, 3.63) is 30.1 Å². The van der Waals surface area contributed by atoms with Gasteiger partial charge >= 0.3 is 0 Å². The third-order valence-corrected chi connectivity index (χ3v) is 3.91. The van der Waals surface area contributed by atoms with Crippen LogP contribution in [-0.2, 0) is 11.2 Å². The molecule has 1 aromatic heterocycles. The maximum Gasteiger partial charge on any atom is 0.190 e. The summed E-state index contributed by atoms with van der Waals surface area (Å²) in [5.41, 5.74) is 1.09. The second-order valence-electron chi connectivity index (χ2n) is 5.97. The van der Waals surface area contributed by atoms with Gasteiger partial charge in [-0.25, -0.2) is 0 Å². The topological polar surface area (TPSA) is 61.8 Å². The summed E-state index contributed by atoms with van der Waals surface area (Å²) < 4.78 is 5.39. The van der Waals surface area contributed by atoms with Crippen molar-refractivity contribution in [3.63, 3.8) is 0 Å². The summed E-state index contributed by atoms with van der Waals surface area (Å²) in [4.78, 5) is 11.1. The molecule has 1 saturated heterocycles. The van der Waals surface area contributed by atoms with Crippen LogP contribution >= 0.6 is 0 Å². The first-order valence-corrected chi connectivity index (χ1v) is 8.42. The predicted molar refractivity (Wildman–Crippen MR) is 93.7 cm³/mol. The van der Waals surface area contributed by atoms with Crippen molar-refractivity contribution in [1.29, 1.82) is 0 Å². The molecule has 2 N–H and O–H groups in total. The van der Waals surface area contributed by atoms with Gasteiger partial charge in [0, 0.05) is 58.1 Å². The van der Waals surface area contributed by atoms with Crippen LogP contribution in [-0.4, -0.2) is 68.8 Å². The molecule has 1 unspecified atom stereocenters. The van der Waals surface area contributed by atoms with Crippen molar-refractivity contribution in [2.45, 2.75) is 13.3 Å². The molecule has 1 aliphatic rings. The molecule has 0 bridgehead atoms. The summed E-state index contributed by atoms with van der Waals surface area (Å²) >= 11 is 0. The van der Waals surface area contributed by atoms with E-state index in [0.29, 0.717) is 5.92 Å². The fraction of sp³-hybridized carbons (Fsp3) is 0.647. The summed E-state index contributed by atoms with van der Waals surface area (Å²) in [5.74, 6) is 1.43. The standard InChI is InChI=1S/C17H29N5O/c1-15(14-22-9-11-23-12-10-22)13-21-17(18-2)20-8-6-16-5-3-4-7-19-16/h3-5,7,15H,6,8-14H2,1-2H3,(H2,18,20,21). The third-order valence-electron chi connectivity index (χ3n) is 3.91. The minimum absolute atomic E-state index is 0.572. The Morgan fingerprint density at radius 1 is 1.35 bits per heavy atom. The number of aliphatic imine (C=N–C) groups is 1. The van der Waals surface area contributed by atoms with E-state index in [1.807, 2.05) is 31.4 Å². The molecule has 23 heavy (non-hydrogen) atoms. The van der Waals surface area contributed by atoms with Crippen LogP contribution in [0.5, 0.6) is 0 Å². The quantitative estimate of drug-likeness (QED) is 0.574. The van der Waals surface area contributed by atoms with Gasteiger partial charge in [0.2, 0.25) is 0 Å². The van der Waals surface area contributed by atoms with E-state index in [1.54, 1.807) is 0 Å². The number of hydrogen-bond acceptors (Lipinski definition) is 4. The number of rotatable bonds is 7. The van der Waals surface area contributed by atoms with E-state index in [-0.39, 0.29) is 0 Å². The van der Waals surface area contributed by atoms with Crippen LogP contribution in [0.4, 0.5) is 0 Å². The molecule has 0 aliphatic carbocycles. The van der Waals surface area contributed by atoms with E-state index in [9.17, 15) is 0 Å². The highest BCUT2D eigenvalue weighted by Gasteiger charge is 2.13. The Morgan fingerprint density at radius 2 is 2.17 bits per heavy atom. The highest BCUT2D eigenvalue weighted by molar-refractivity contribution is 5.79. The Labute approximate surface area is 139 Å². The molecule has 0 radical (unpaired) electrons. The molecule has 0 aromatic carbocycles. The van der Waals surface area contributed by atoms with Crippen molar-refractivity contribution in [2.24, 2.45) is 10.9 Å². The molecule has 0 spiro atoms. The summed E-state index contributed by atoms with van der Waals surface area (Å²) in [7, 11) is 1.81. The van der Waals surface area contributed by atoms with Crippen LogP contribution in [0, 0.1) is 5.92 Å². The van der Waals surface area contributed by atoms with Crippen molar-refractivity contribution in [3.8, 4) is 0 Å². The lowest BCUT2D eigenvalue weighted by Crippen LogP contribution is -2.44. The summed E-state index contributed by atoms with van der Waals surface area (Å²) in [5, 5.41) is 6.75. The van der Waals surface area contributed by atoms with Gasteiger partial charge in [-0.2, -0.15) is 0 Å². The molecule has 2 rings (SSSR count). The van der Waals surface area contributed by atoms with Gasteiger partial charge in [0.25, 0.3) is 0 Å². The van der Waals surface area contributed by atoms with Crippen molar-refractivity contribution < 1.29 is 4.74 Å². The first kappa shape index (κ1) is 17.7. The predicted octanol–water partition coefficient (Wildman–Crippen LogP) is 0.757. The number of pyridine rings is 1. The SMILES string of the molecule is CN=C(NCCc1ccccn1)NCC(C)CN1CCOCC1. The molecular formula is C17H29N5O. The zero-order valence-corrected chi connectivity index (χ0v) is 14.3. The van der Waals surface area contributed by atoms with Gasteiger partial charge in [-0.15, -0.1) is 0 Å². The minimum atomic E-state index is 0.572. The van der Waals surface area contributed by atoms with E-state index in [4.69, 9.17) is 4.74 Å². The Morgan fingerprint density at radius 3 is 2.87 bits per heavy atom. The molecule has 1 fully saturated rings.